The van der Waals surface area contributed by atoms with Crippen molar-refractivity contribution in [2.24, 2.45) is 0 Å². The summed E-state index contributed by atoms with van der Waals surface area (Å²) in [6.45, 7) is 0. The number of nitrogens with zero attached hydrogens (tertiary/aromatic N) is 3. The Kier molecular flexibility index (Phi) is 4.08. The quantitative estimate of drug-likeness (QED) is 0.857. The Balaban J connectivity index is 2.02. The predicted molar refractivity (Wildman–Crippen MR) is 82.3 cm³/mol. The van der Waals surface area contributed by atoms with Gasteiger partial charge in [0, 0.05) is 45.9 Å². The molecule has 0 spiro atoms. The molecule has 1 N–H and O–H groups in total. The van der Waals surface area contributed by atoms with Crippen LogP contribution >= 0.6 is 15.9 Å². The second kappa shape index (κ2) is 5.97. The van der Waals surface area contributed by atoms with E-state index in [1.54, 1.807) is 12.4 Å². The summed E-state index contributed by atoms with van der Waals surface area (Å²) < 4.78 is 0.946. The molecule has 20 heavy (non-hydrogen) atoms. The first-order valence-corrected chi connectivity index (χ1v) is 7.71. The second-order valence-corrected chi connectivity index (χ2v) is 5.99. The molecule has 5 heteroatoms. The first-order valence-electron chi connectivity index (χ1n) is 6.92. The molecule has 4 nitrogen and oxygen atoms in total. The van der Waals surface area contributed by atoms with Gasteiger partial charge >= 0.3 is 0 Å². The monoisotopic (exact) mass is 332 g/mol. The Bertz CT molecular complexity index is 615. The van der Waals surface area contributed by atoms with Crippen LogP contribution in [0.25, 0.3) is 11.4 Å². The summed E-state index contributed by atoms with van der Waals surface area (Å²) in [4.78, 5) is 13.5. The lowest BCUT2D eigenvalue weighted by atomic mass is 10.1. The molecular weight excluding hydrogens is 316 g/mol. The molecule has 2 aromatic rings. The molecule has 1 atom stereocenters. The van der Waals surface area contributed by atoms with E-state index in [2.05, 4.69) is 31.2 Å². The van der Waals surface area contributed by atoms with Crippen LogP contribution in [0.3, 0.4) is 0 Å². The molecule has 0 bridgehead atoms. The largest absolute Gasteiger partial charge is 0.313 e. The van der Waals surface area contributed by atoms with E-state index in [1.165, 1.54) is 24.1 Å². The molecule has 0 aliphatic heterocycles. The van der Waals surface area contributed by atoms with Crippen molar-refractivity contribution in [3.05, 3.63) is 40.4 Å². The zero-order valence-electron chi connectivity index (χ0n) is 11.4. The molecule has 2 aromatic heterocycles. The van der Waals surface area contributed by atoms with Gasteiger partial charge in [0.05, 0.1) is 0 Å². The minimum absolute atomic E-state index is 0.377. The molecule has 0 aromatic carbocycles. The van der Waals surface area contributed by atoms with Crippen LogP contribution in [-0.2, 0) is 6.42 Å². The predicted octanol–water partition coefficient (Wildman–Crippen LogP) is 3.29. The smallest absolute Gasteiger partial charge is 0.160 e. The molecule has 0 amide bonds. The number of hydrogen-bond acceptors (Lipinski definition) is 4. The molecule has 0 saturated heterocycles. The van der Waals surface area contributed by atoms with Gasteiger partial charge < -0.3 is 5.32 Å². The number of aromatic nitrogens is 3. The lowest BCUT2D eigenvalue weighted by Crippen LogP contribution is -2.17. The summed E-state index contributed by atoms with van der Waals surface area (Å²) >= 11 is 3.44. The fourth-order valence-electron chi connectivity index (χ4n) is 2.69. The fourth-order valence-corrected chi connectivity index (χ4v) is 3.05. The molecule has 0 radical (unpaired) electrons. The maximum Gasteiger partial charge on any atom is 0.160 e. The number of halogens is 1. The first-order chi connectivity index (χ1) is 9.78. The maximum absolute atomic E-state index is 4.77. The molecule has 3 rings (SSSR count). The van der Waals surface area contributed by atoms with Gasteiger partial charge in [-0.15, -0.1) is 0 Å². The summed E-state index contributed by atoms with van der Waals surface area (Å²) in [5.41, 5.74) is 3.37. The van der Waals surface area contributed by atoms with Crippen molar-refractivity contribution in [3.63, 3.8) is 0 Å². The second-order valence-electron chi connectivity index (χ2n) is 5.07. The van der Waals surface area contributed by atoms with E-state index in [4.69, 9.17) is 4.98 Å². The van der Waals surface area contributed by atoms with Gasteiger partial charge in [-0.05, 0) is 48.3 Å². The van der Waals surface area contributed by atoms with E-state index in [9.17, 15) is 0 Å². The van der Waals surface area contributed by atoms with Crippen LogP contribution in [0.15, 0.2) is 29.1 Å². The molecule has 0 fully saturated rings. The fraction of sp³-hybridized carbons (Fsp3) is 0.400. The zero-order chi connectivity index (χ0) is 13.9. The van der Waals surface area contributed by atoms with E-state index in [0.717, 1.165) is 28.7 Å². The van der Waals surface area contributed by atoms with Crippen molar-refractivity contribution in [2.75, 3.05) is 7.05 Å². The highest BCUT2D eigenvalue weighted by atomic mass is 79.9. The highest BCUT2D eigenvalue weighted by molar-refractivity contribution is 9.10. The highest BCUT2D eigenvalue weighted by Gasteiger charge is 2.19. The van der Waals surface area contributed by atoms with E-state index in [1.807, 2.05) is 19.3 Å². The van der Waals surface area contributed by atoms with Crippen LogP contribution in [0.2, 0.25) is 0 Å². The van der Waals surface area contributed by atoms with Crippen LogP contribution < -0.4 is 5.32 Å². The molecule has 0 saturated carbocycles. The number of rotatable bonds is 2. The molecule has 1 unspecified atom stereocenters. The third-order valence-corrected chi connectivity index (χ3v) is 4.18. The van der Waals surface area contributed by atoms with Crippen LogP contribution in [0.5, 0.6) is 0 Å². The molecule has 1 aliphatic rings. The van der Waals surface area contributed by atoms with Gasteiger partial charge in [-0.1, -0.05) is 6.42 Å². The van der Waals surface area contributed by atoms with Gasteiger partial charge in [-0.2, -0.15) is 0 Å². The van der Waals surface area contributed by atoms with Crippen molar-refractivity contribution in [1.82, 2.24) is 20.3 Å². The van der Waals surface area contributed by atoms with Gasteiger partial charge in [-0.3, -0.25) is 4.98 Å². The third-order valence-electron chi connectivity index (χ3n) is 3.74. The minimum Gasteiger partial charge on any atom is -0.313 e. The third kappa shape index (κ3) is 2.74. The summed E-state index contributed by atoms with van der Waals surface area (Å²) in [5.74, 6) is 0.759. The summed E-state index contributed by atoms with van der Waals surface area (Å²) in [6, 6.07) is 2.38. The van der Waals surface area contributed by atoms with Crippen LogP contribution in [0, 0.1) is 0 Å². The average molecular weight is 333 g/mol. The van der Waals surface area contributed by atoms with E-state index in [0.29, 0.717) is 6.04 Å². The summed E-state index contributed by atoms with van der Waals surface area (Å²) in [7, 11) is 2.01. The van der Waals surface area contributed by atoms with Gasteiger partial charge in [0.25, 0.3) is 0 Å². The number of fused-ring (bicyclic) bond motifs is 1. The average Bonchev–Trinajstić information content (AvgIpc) is 2.68. The van der Waals surface area contributed by atoms with Crippen molar-refractivity contribution in [1.29, 1.82) is 0 Å². The lowest BCUT2D eigenvalue weighted by Gasteiger charge is -2.16. The number of aryl methyl sites for hydroxylation is 1. The van der Waals surface area contributed by atoms with Crippen molar-refractivity contribution >= 4 is 15.9 Å². The molecular formula is C15H17BrN4. The van der Waals surface area contributed by atoms with E-state index < -0.39 is 0 Å². The van der Waals surface area contributed by atoms with E-state index >= 15 is 0 Å². The molecule has 1 aliphatic carbocycles. The summed E-state index contributed by atoms with van der Waals surface area (Å²) in [5, 5.41) is 3.37. The van der Waals surface area contributed by atoms with Crippen LogP contribution in [0.4, 0.5) is 0 Å². The van der Waals surface area contributed by atoms with Gasteiger partial charge in [0.1, 0.15) is 0 Å². The van der Waals surface area contributed by atoms with Crippen molar-refractivity contribution in [3.8, 4) is 11.4 Å². The Morgan fingerprint density at radius 2 is 2.15 bits per heavy atom. The number of pyridine rings is 1. The SMILES string of the molecule is CNC1CCCCc2nc(-c3cncc(Br)c3)ncc21. The Morgan fingerprint density at radius 1 is 1.25 bits per heavy atom. The van der Waals surface area contributed by atoms with Gasteiger partial charge in [-0.25, -0.2) is 9.97 Å². The number of nitrogens with one attached hydrogen (secondary N) is 1. The summed E-state index contributed by atoms with van der Waals surface area (Å²) in [6.07, 6.45) is 10.2. The Labute approximate surface area is 127 Å². The van der Waals surface area contributed by atoms with Gasteiger partial charge in [0.15, 0.2) is 5.82 Å². The maximum atomic E-state index is 4.77. The standard InChI is InChI=1S/C15H17BrN4/c1-17-13-4-2-3-5-14-12(13)9-19-15(20-14)10-6-11(16)8-18-7-10/h6-9,13,17H,2-5H2,1H3. The van der Waals surface area contributed by atoms with Crippen molar-refractivity contribution in [2.45, 2.75) is 31.7 Å². The normalized spacial score (nSPS) is 18.4. The first kappa shape index (κ1) is 13.6. The number of hydrogen-bond donors (Lipinski definition) is 1. The Morgan fingerprint density at radius 3 is 2.95 bits per heavy atom. The zero-order valence-corrected chi connectivity index (χ0v) is 13.0. The van der Waals surface area contributed by atoms with Crippen LogP contribution in [0.1, 0.15) is 36.6 Å². The topological polar surface area (TPSA) is 50.7 Å². The van der Waals surface area contributed by atoms with Crippen LogP contribution in [-0.4, -0.2) is 22.0 Å². The minimum atomic E-state index is 0.377. The highest BCUT2D eigenvalue weighted by Crippen LogP contribution is 2.28. The molecule has 104 valence electrons. The molecule has 2 heterocycles. The lowest BCUT2D eigenvalue weighted by molar-refractivity contribution is 0.532. The van der Waals surface area contributed by atoms with Gasteiger partial charge in [0.2, 0.25) is 0 Å². The van der Waals surface area contributed by atoms with Crippen molar-refractivity contribution < 1.29 is 0 Å². The Hall–Kier alpha value is -1.33. The van der Waals surface area contributed by atoms with E-state index in [-0.39, 0.29) is 0 Å².